The molecule has 5 heteroatoms. The maximum Gasteiger partial charge on any atom is 0.223 e. The Morgan fingerprint density at radius 2 is 1.76 bits per heavy atom. The first-order valence-electron chi connectivity index (χ1n) is 7.32. The lowest BCUT2D eigenvalue weighted by Gasteiger charge is -2.16. The van der Waals surface area contributed by atoms with Crippen molar-refractivity contribution >= 4 is 5.69 Å². The van der Waals surface area contributed by atoms with Crippen LogP contribution < -0.4 is 9.64 Å². The molecule has 2 aromatic rings. The van der Waals surface area contributed by atoms with Crippen LogP contribution in [0.1, 0.15) is 19.8 Å². The lowest BCUT2D eigenvalue weighted by atomic mass is 10.3. The van der Waals surface area contributed by atoms with Crippen molar-refractivity contribution in [1.29, 1.82) is 0 Å². The molecule has 5 nitrogen and oxygen atoms in total. The predicted octanol–water partition coefficient (Wildman–Crippen LogP) is 2.89. The first-order chi connectivity index (χ1) is 10.2. The summed E-state index contributed by atoms with van der Waals surface area (Å²) in [6.07, 6.45) is 2.24. The third kappa shape index (κ3) is 2.51. The van der Waals surface area contributed by atoms with Gasteiger partial charge in [0.2, 0.25) is 11.8 Å². The van der Waals surface area contributed by atoms with Crippen molar-refractivity contribution in [1.82, 2.24) is 4.57 Å². The van der Waals surface area contributed by atoms with E-state index in [-0.39, 0.29) is 11.8 Å². The van der Waals surface area contributed by atoms with Crippen LogP contribution in [0.5, 0.6) is 17.5 Å². The Balaban J connectivity index is 1.94. The first-order valence-corrected chi connectivity index (χ1v) is 7.32. The highest BCUT2D eigenvalue weighted by atomic mass is 16.5. The summed E-state index contributed by atoms with van der Waals surface area (Å²) in [5.41, 5.74) is 1.40. The van der Waals surface area contributed by atoms with E-state index in [0.29, 0.717) is 18.0 Å². The van der Waals surface area contributed by atoms with E-state index in [1.54, 1.807) is 6.07 Å². The van der Waals surface area contributed by atoms with Gasteiger partial charge in [0.15, 0.2) is 0 Å². The van der Waals surface area contributed by atoms with Crippen molar-refractivity contribution in [3.05, 3.63) is 30.3 Å². The molecule has 1 aromatic carbocycles. The number of anilines is 1. The van der Waals surface area contributed by atoms with Gasteiger partial charge in [-0.25, -0.2) is 4.57 Å². The molecule has 1 fully saturated rings. The number of nitrogens with zero attached hydrogens (tertiary/aromatic N) is 2. The molecule has 0 bridgehead atoms. The average Bonchev–Trinajstić information content (AvgIpc) is 3.09. The van der Waals surface area contributed by atoms with Gasteiger partial charge < -0.3 is 19.8 Å². The van der Waals surface area contributed by atoms with Crippen molar-refractivity contribution in [2.24, 2.45) is 0 Å². The van der Waals surface area contributed by atoms with E-state index in [4.69, 9.17) is 4.74 Å². The molecule has 1 saturated heterocycles. The second kappa shape index (κ2) is 5.60. The van der Waals surface area contributed by atoms with Gasteiger partial charge in [-0.1, -0.05) is 0 Å². The van der Waals surface area contributed by atoms with Crippen LogP contribution in [-0.4, -0.2) is 34.5 Å². The summed E-state index contributed by atoms with van der Waals surface area (Å²) in [7, 11) is 0. The minimum Gasteiger partial charge on any atom is -0.494 e. The molecule has 21 heavy (non-hydrogen) atoms. The third-order valence-electron chi connectivity index (χ3n) is 3.79. The lowest BCUT2D eigenvalue weighted by Crippen LogP contribution is -2.17. The van der Waals surface area contributed by atoms with Gasteiger partial charge in [-0.05, 0) is 44.0 Å². The molecule has 3 rings (SSSR count). The first kappa shape index (κ1) is 13.7. The van der Waals surface area contributed by atoms with Crippen LogP contribution >= 0.6 is 0 Å². The van der Waals surface area contributed by atoms with Gasteiger partial charge in [-0.15, -0.1) is 0 Å². The zero-order valence-electron chi connectivity index (χ0n) is 12.1. The van der Waals surface area contributed by atoms with Crippen LogP contribution in [0, 0.1) is 0 Å². The van der Waals surface area contributed by atoms with Gasteiger partial charge in [0.25, 0.3) is 0 Å². The topological polar surface area (TPSA) is 57.9 Å². The number of benzene rings is 1. The highest BCUT2D eigenvalue weighted by Crippen LogP contribution is 2.39. The van der Waals surface area contributed by atoms with Gasteiger partial charge >= 0.3 is 0 Å². The van der Waals surface area contributed by atoms with Gasteiger partial charge in [0.1, 0.15) is 11.4 Å². The molecule has 2 heterocycles. The molecule has 1 aromatic heterocycles. The van der Waals surface area contributed by atoms with E-state index in [2.05, 4.69) is 4.90 Å². The van der Waals surface area contributed by atoms with E-state index >= 15 is 0 Å². The van der Waals surface area contributed by atoms with Gasteiger partial charge in [0.05, 0.1) is 12.3 Å². The third-order valence-corrected chi connectivity index (χ3v) is 3.79. The molecule has 0 aliphatic carbocycles. The largest absolute Gasteiger partial charge is 0.494 e. The minimum absolute atomic E-state index is 0.0403. The highest BCUT2D eigenvalue weighted by molar-refractivity contribution is 5.63. The molecule has 0 radical (unpaired) electrons. The van der Waals surface area contributed by atoms with Gasteiger partial charge in [-0.3, -0.25) is 0 Å². The van der Waals surface area contributed by atoms with Crippen LogP contribution in [0.4, 0.5) is 5.69 Å². The fraction of sp³-hybridized carbons (Fsp3) is 0.375. The number of rotatable bonds is 4. The molecule has 0 unspecified atom stereocenters. The quantitative estimate of drug-likeness (QED) is 0.908. The van der Waals surface area contributed by atoms with Crippen LogP contribution in [0.25, 0.3) is 5.69 Å². The summed E-state index contributed by atoms with van der Waals surface area (Å²) in [6, 6.07) is 8.91. The Hall–Kier alpha value is -2.30. The number of hydrogen-bond acceptors (Lipinski definition) is 4. The van der Waals surface area contributed by atoms with Gasteiger partial charge in [-0.2, -0.15) is 0 Å². The number of hydrogen-bond donors (Lipinski definition) is 2. The average molecular weight is 288 g/mol. The standard InChI is InChI=1S/C16H20N2O3/c1-2-21-13-7-5-12(6-8-13)18-15(19)11-14(16(18)20)17-9-3-4-10-17/h5-8,11,19-20H,2-4,9-10H2,1H3. The summed E-state index contributed by atoms with van der Waals surface area (Å²) in [6.45, 7) is 4.37. The maximum absolute atomic E-state index is 10.4. The van der Waals surface area contributed by atoms with E-state index in [1.807, 2.05) is 31.2 Å². The second-order valence-corrected chi connectivity index (χ2v) is 5.17. The predicted molar refractivity (Wildman–Crippen MR) is 81.7 cm³/mol. The normalized spacial score (nSPS) is 14.6. The summed E-state index contributed by atoms with van der Waals surface area (Å²) in [5, 5.41) is 20.6. The van der Waals surface area contributed by atoms with Crippen LogP contribution in [0.3, 0.4) is 0 Å². The number of aromatic hydroxyl groups is 2. The van der Waals surface area contributed by atoms with Crippen molar-refractivity contribution in [3.63, 3.8) is 0 Å². The minimum atomic E-state index is 0.0403. The van der Waals surface area contributed by atoms with E-state index in [0.717, 1.165) is 31.7 Å². The lowest BCUT2D eigenvalue weighted by molar-refractivity contribution is 0.340. The molecule has 2 N–H and O–H groups in total. The van der Waals surface area contributed by atoms with Crippen LogP contribution in [0.2, 0.25) is 0 Å². The summed E-state index contributed by atoms with van der Waals surface area (Å²) >= 11 is 0. The Labute approximate surface area is 124 Å². The Bertz CT molecular complexity index is 613. The summed E-state index contributed by atoms with van der Waals surface area (Å²) in [4.78, 5) is 2.10. The zero-order chi connectivity index (χ0) is 14.8. The SMILES string of the molecule is CCOc1ccc(-n2c(O)cc(N3CCCC3)c2O)cc1. The van der Waals surface area contributed by atoms with E-state index in [9.17, 15) is 10.2 Å². The highest BCUT2D eigenvalue weighted by Gasteiger charge is 2.22. The molecule has 0 spiro atoms. The summed E-state index contributed by atoms with van der Waals surface area (Å²) < 4.78 is 6.85. The molecule has 0 saturated carbocycles. The molecule has 0 amide bonds. The molecule has 1 aliphatic heterocycles. The molecule has 112 valence electrons. The number of aromatic nitrogens is 1. The fourth-order valence-electron chi connectivity index (χ4n) is 2.78. The second-order valence-electron chi connectivity index (χ2n) is 5.17. The molecule has 1 aliphatic rings. The van der Waals surface area contributed by atoms with Crippen LogP contribution in [-0.2, 0) is 0 Å². The molecular weight excluding hydrogens is 268 g/mol. The Kier molecular flexibility index (Phi) is 3.64. The molecular formula is C16H20N2O3. The van der Waals surface area contributed by atoms with Gasteiger partial charge in [0, 0.05) is 19.2 Å². The zero-order valence-corrected chi connectivity index (χ0v) is 12.1. The van der Waals surface area contributed by atoms with Crippen molar-refractivity contribution < 1.29 is 14.9 Å². The Morgan fingerprint density at radius 3 is 2.38 bits per heavy atom. The Morgan fingerprint density at radius 1 is 1.10 bits per heavy atom. The maximum atomic E-state index is 10.4. The van der Waals surface area contributed by atoms with Crippen molar-refractivity contribution in [3.8, 4) is 23.2 Å². The summed E-state index contributed by atoms with van der Waals surface area (Å²) in [5.74, 6) is 0.893. The monoisotopic (exact) mass is 288 g/mol. The smallest absolute Gasteiger partial charge is 0.223 e. The van der Waals surface area contributed by atoms with E-state index < -0.39 is 0 Å². The van der Waals surface area contributed by atoms with Crippen molar-refractivity contribution in [2.75, 3.05) is 24.6 Å². The van der Waals surface area contributed by atoms with Crippen LogP contribution in [0.15, 0.2) is 30.3 Å². The fourth-order valence-corrected chi connectivity index (χ4v) is 2.78. The number of ether oxygens (including phenoxy) is 1. The van der Waals surface area contributed by atoms with Crippen molar-refractivity contribution in [2.45, 2.75) is 19.8 Å². The van der Waals surface area contributed by atoms with E-state index in [1.165, 1.54) is 4.57 Å². The molecule has 0 atom stereocenters.